The molecule has 0 atom stereocenters. The SMILES string of the molecule is O=C(COC(=O)c1ccc(NC2CC2)nc1)Nc1ccc(F)c(Cl)c1. The van der Waals surface area contributed by atoms with E-state index in [0.29, 0.717) is 17.5 Å². The van der Waals surface area contributed by atoms with Crippen molar-refractivity contribution in [2.75, 3.05) is 17.2 Å². The number of hydrogen-bond acceptors (Lipinski definition) is 5. The number of halogens is 2. The fraction of sp³-hybridized carbons (Fsp3) is 0.235. The molecule has 6 nitrogen and oxygen atoms in total. The number of carbonyl (C=O) groups is 2. The third-order valence-corrected chi connectivity index (χ3v) is 3.76. The summed E-state index contributed by atoms with van der Waals surface area (Å²) in [7, 11) is 0. The Balaban J connectivity index is 1.48. The minimum atomic E-state index is -0.655. The van der Waals surface area contributed by atoms with Gasteiger partial charge in [-0.15, -0.1) is 0 Å². The zero-order valence-electron chi connectivity index (χ0n) is 13.1. The lowest BCUT2D eigenvalue weighted by Crippen LogP contribution is -2.21. The highest BCUT2D eigenvalue weighted by Crippen LogP contribution is 2.23. The van der Waals surface area contributed by atoms with Crippen LogP contribution in [0.1, 0.15) is 23.2 Å². The average Bonchev–Trinajstić information content (AvgIpc) is 3.41. The van der Waals surface area contributed by atoms with Crippen LogP contribution in [-0.4, -0.2) is 29.5 Å². The zero-order chi connectivity index (χ0) is 17.8. The van der Waals surface area contributed by atoms with E-state index < -0.39 is 24.3 Å². The third kappa shape index (κ3) is 4.90. The van der Waals surface area contributed by atoms with Crippen LogP contribution in [0.3, 0.4) is 0 Å². The van der Waals surface area contributed by atoms with E-state index in [4.69, 9.17) is 16.3 Å². The van der Waals surface area contributed by atoms with Crippen molar-refractivity contribution >= 4 is 35.0 Å². The summed E-state index contributed by atoms with van der Waals surface area (Å²) >= 11 is 5.63. The molecule has 0 saturated heterocycles. The quantitative estimate of drug-likeness (QED) is 0.770. The summed E-state index contributed by atoms with van der Waals surface area (Å²) in [5, 5.41) is 5.55. The minimum Gasteiger partial charge on any atom is -0.452 e. The van der Waals surface area contributed by atoms with E-state index in [-0.39, 0.29) is 10.6 Å². The second kappa shape index (κ2) is 7.48. The minimum absolute atomic E-state index is 0.110. The molecule has 1 fully saturated rings. The van der Waals surface area contributed by atoms with E-state index in [9.17, 15) is 14.0 Å². The highest BCUT2D eigenvalue weighted by atomic mass is 35.5. The Kier molecular flexibility index (Phi) is 5.14. The summed E-state index contributed by atoms with van der Waals surface area (Å²) in [6.45, 7) is -0.476. The van der Waals surface area contributed by atoms with Crippen LogP contribution in [0.15, 0.2) is 36.5 Å². The molecule has 1 amide bonds. The number of hydrogen-bond donors (Lipinski definition) is 2. The fourth-order valence-corrected chi connectivity index (χ4v) is 2.20. The van der Waals surface area contributed by atoms with Crippen molar-refractivity contribution in [3.63, 3.8) is 0 Å². The molecule has 1 aromatic heterocycles. The number of amides is 1. The highest BCUT2D eigenvalue weighted by Gasteiger charge is 2.21. The zero-order valence-corrected chi connectivity index (χ0v) is 13.8. The highest BCUT2D eigenvalue weighted by molar-refractivity contribution is 6.31. The van der Waals surface area contributed by atoms with Crippen LogP contribution in [0.5, 0.6) is 0 Å². The monoisotopic (exact) mass is 363 g/mol. The smallest absolute Gasteiger partial charge is 0.340 e. The van der Waals surface area contributed by atoms with E-state index in [2.05, 4.69) is 15.6 Å². The second-order valence-electron chi connectivity index (χ2n) is 5.60. The van der Waals surface area contributed by atoms with Crippen LogP contribution in [0, 0.1) is 5.82 Å². The molecule has 1 heterocycles. The normalized spacial score (nSPS) is 13.2. The number of nitrogens with one attached hydrogen (secondary N) is 2. The maximum Gasteiger partial charge on any atom is 0.340 e. The van der Waals surface area contributed by atoms with Gasteiger partial charge in [-0.3, -0.25) is 4.79 Å². The van der Waals surface area contributed by atoms with Gasteiger partial charge in [0.05, 0.1) is 10.6 Å². The molecule has 0 unspecified atom stereocenters. The van der Waals surface area contributed by atoms with Crippen LogP contribution < -0.4 is 10.6 Å². The van der Waals surface area contributed by atoms with Gasteiger partial charge < -0.3 is 15.4 Å². The molecule has 25 heavy (non-hydrogen) atoms. The molecule has 2 aromatic rings. The number of carbonyl (C=O) groups excluding carboxylic acids is 2. The number of pyridine rings is 1. The maximum absolute atomic E-state index is 13.1. The number of rotatable bonds is 6. The van der Waals surface area contributed by atoms with Gasteiger partial charge in [0.25, 0.3) is 5.91 Å². The van der Waals surface area contributed by atoms with Gasteiger partial charge >= 0.3 is 5.97 Å². The number of nitrogens with zero attached hydrogens (tertiary/aromatic N) is 1. The molecule has 1 saturated carbocycles. The van der Waals surface area contributed by atoms with Gasteiger partial charge in [0.1, 0.15) is 11.6 Å². The Morgan fingerprint density at radius 3 is 2.72 bits per heavy atom. The molecule has 1 aromatic carbocycles. The van der Waals surface area contributed by atoms with E-state index in [0.717, 1.165) is 18.9 Å². The summed E-state index contributed by atoms with van der Waals surface area (Å²) in [4.78, 5) is 27.8. The summed E-state index contributed by atoms with van der Waals surface area (Å²) in [6, 6.07) is 7.50. The van der Waals surface area contributed by atoms with Crippen molar-refractivity contribution in [3.05, 3.63) is 52.9 Å². The van der Waals surface area contributed by atoms with Crippen molar-refractivity contribution in [3.8, 4) is 0 Å². The van der Waals surface area contributed by atoms with Crippen molar-refractivity contribution in [2.24, 2.45) is 0 Å². The first kappa shape index (κ1) is 17.2. The number of ether oxygens (including phenoxy) is 1. The first-order valence-electron chi connectivity index (χ1n) is 7.66. The van der Waals surface area contributed by atoms with E-state index in [1.807, 2.05) is 0 Å². The van der Waals surface area contributed by atoms with Crippen LogP contribution in [-0.2, 0) is 9.53 Å². The van der Waals surface area contributed by atoms with Crippen molar-refractivity contribution in [1.82, 2.24) is 4.98 Å². The van der Waals surface area contributed by atoms with Crippen molar-refractivity contribution < 1.29 is 18.7 Å². The van der Waals surface area contributed by atoms with Gasteiger partial charge in [0, 0.05) is 17.9 Å². The number of esters is 1. The lowest BCUT2D eigenvalue weighted by molar-refractivity contribution is -0.119. The summed E-state index contributed by atoms with van der Waals surface area (Å²) in [5.41, 5.74) is 0.559. The van der Waals surface area contributed by atoms with Crippen molar-refractivity contribution in [2.45, 2.75) is 18.9 Å². The fourth-order valence-electron chi connectivity index (χ4n) is 2.02. The summed E-state index contributed by atoms with van der Waals surface area (Å²) in [5.74, 6) is -1.10. The molecule has 0 bridgehead atoms. The standard InChI is InChI=1S/C17H15ClFN3O3/c18-13-7-12(4-5-14(13)19)22-16(23)9-25-17(24)10-1-6-15(20-8-10)21-11-2-3-11/h1,4-8,11H,2-3,9H2,(H,20,21)(H,22,23). The molecule has 8 heteroatoms. The van der Waals surface area contributed by atoms with Gasteiger partial charge in [-0.2, -0.15) is 0 Å². The first-order chi connectivity index (χ1) is 12.0. The average molecular weight is 364 g/mol. The number of anilines is 2. The van der Waals surface area contributed by atoms with Gasteiger partial charge in [-0.25, -0.2) is 14.2 Å². The molecule has 0 aliphatic heterocycles. The summed E-state index contributed by atoms with van der Waals surface area (Å²) < 4.78 is 18.0. The van der Waals surface area contributed by atoms with Gasteiger partial charge in [0.15, 0.2) is 6.61 Å². The van der Waals surface area contributed by atoms with E-state index >= 15 is 0 Å². The molecule has 1 aliphatic carbocycles. The summed E-state index contributed by atoms with van der Waals surface area (Å²) in [6.07, 6.45) is 3.64. The molecular formula is C17H15ClFN3O3. The topological polar surface area (TPSA) is 80.3 Å². The Labute approximate surface area is 148 Å². The molecule has 1 aliphatic rings. The van der Waals surface area contributed by atoms with Crippen LogP contribution in [0.4, 0.5) is 15.9 Å². The lowest BCUT2D eigenvalue weighted by Gasteiger charge is -2.08. The van der Waals surface area contributed by atoms with Gasteiger partial charge in [-0.1, -0.05) is 11.6 Å². The molecule has 0 spiro atoms. The maximum atomic E-state index is 13.1. The Hall–Kier alpha value is -2.67. The molecule has 2 N–H and O–H groups in total. The predicted octanol–water partition coefficient (Wildman–Crippen LogP) is 3.24. The first-order valence-corrected chi connectivity index (χ1v) is 8.03. The Morgan fingerprint density at radius 2 is 2.08 bits per heavy atom. The van der Waals surface area contributed by atoms with Gasteiger partial charge in [-0.05, 0) is 43.2 Å². The third-order valence-electron chi connectivity index (χ3n) is 3.47. The second-order valence-corrected chi connectivity index (χ2v) is 6.01. The van der Waals surface area contributed by atoms with Crippen molar-refractivity contribution in [1.29, 1.82) is 0 Å². The van der Waals surface area contributed by atoms with Gasteiger partial charge in [0.2, 0.25) is 0 Å². The van der Waals surface area contributed by atoms with Crippen LogP contribution >= 0.6 is 11.6 Å². The molecule has 3 rings (SSSR count). The predicted molar refractivity (Wildman–Crippen MR) is 91.2 cm³/mol. The van der Waals surface area contributed by atoms with E-state index in [1.54, 1.807) is 12.1 Å². The number of aromatic nitrogens is 1. The Morgan fingerprint density at radius 1 is 1.28 bits per heavy atom. The van der Waals surface area contributed by atoms with Crippen LogP contribution in [0.25, 0.3) is 0 Å². The number of benzene rings is 1. The molecule has 130 valence electrons. The molecular weight excluding hydrogens is 349 g/mol. The Bertz CT molecular complexity index is 794. The largest absolute Gasteiger partial charge is 0.452 e. The molecule has 0 radical (unpaired) electrons. The van der Waals surface area contributed by atoms with E-state index in [1.165, 1.54) is 18.3 Å². The lowest BCUT2D eigenvalue weighted by atomic mass is 10.3. The van der Waals surface area contributed by atoms with Crippen LogP contribution in [0.2, 0.25) is 5.02 Å².